The molecule has 94 valence electrons. The second-order valence-electron chi connectivity index (χ2n) is 4.96. The Morgan fingerprint density at radius 2 is 2.06 bits per heavy atom. The Bertz CT molecular complexity index is 341. The maximum Gasteiger partial charge on any atom is 0.0343 e. The average molecular weight is 234 g/mol. The molecule has 2 unspecified atom stereocenters. The van der Waals surface area contributed by atoms with E-state index in [4.69, 9.17) is 5.73 Å². The zero-order valence-electron chi connectivity index (χ0n) is 10.7. The largest absolute Gasteiger partial charge is 0.329 e. The molecule has 0 aliphatic carbocycles. The molecule has 4 nitrogen and oxygen atoms in total. The minimum absolute atomic E-state index is 0.480. The quantitative estimate of drug-likeness (QED) is 0.829. The third-order valence-electron chi connectivity index (χ3n) is 3.65. The van der Waals surface area contributed by atoms with E-state index in [0.29, 0.717) is 12.1 Å². The molecular formula is C13H22N4. The number of piperazine rings is 1. The third-order valence-corrected chi connectivity index (χ3v) is 3.65. The lowest BCUT2D eigenvalue weighted by Gasteiger charge is -2.43. The monoisotopic (exact) mass is 234 g/mol. The molecule has 0 radical (unpaired) electrons. The zero-order chi connectivity index (χ0) is 12.3. The minimum atomic E-state index is 0.480. The second-order valence-corrected chi connectivity index (χ2v) is 4.96. The Morgan fingerprint density at radius 1 is 1.35 bits per heavy atom. The summed E-state index contributed by atoms with van der Waals surface area (Å²) >= 11 is 0. The lowest BCUT2D eigenvalue weighted by atomic mass is 10.1. The number of pyridine rings is 1. The van der Waals surface area contributed by atoms with Crippen molar-refractivity contribution >= 4 is 0 Å². The topological polar surface area (TPSA) is 45.4 Å². The number of hydrogen-bond acceptors (Lipinski definition) is 4. The molecule has 0 aromatic carbocycles. The van der Waals surface area contributed by atoms with Gasteiger partial charge >= 0.3 is 0 Å². The Balaban J connectivity index is 2.00. The van der Waals surface area contributed by atoms with E-state index in [2.05, 4.69) is 40.9 Å². The Hall–Kier alpha value is -0.970. The Labute approximate surface area is 103 Å². The van der Waals surface area contributed by atoms with Gasteiger partial charge in [0.2, 0.25) is 0 Å². The summed E-state index contributed by atoms with van der Waals surface area (Å²) in [5.41, 5.74) is 7.14. The first-order chi connectivity index (χ1) is 8.20. The highest BCUT2D eigenvalue weighted by Crippen LogP contribution is 2.16. The van der Waals surface area contributed by atoms with Crippen molar-refractivity contribution in [2.24, 2.45) is 5.73 Å². The van der Waals surface area contributed by atoms with Crippen molar-refractivity contribution in [2.75, 3.05) is 26.7 Å². The lowest BCUT2D eigenvalue weighted by Crippen LogP contribution is -2.57. The van der Waals surface area contributed by atoms with Gasteiger partial charge < -0.3 is 5.73 Å². The van der Waals surface area contributed by atoms with Crippen LogP contribution in [0.3, 0.4) is 0 Å². The predicted octanol–water partition coefficient (Wildman–Crippen LogP) is 0.545. The van der Waals surface area contributed by atoms with Crippen LogP contribution in [0.2, 0.25) is 0 Å². The lowest BCUT2D eigenvalue weighted by molar-refractivity contribution is 0.0505. The normalized spacial score (nSPS) is 27.2. The van der Waals surface area contributed by atoms with E-state index < -0.39 is 0 Å². The van der Waals surface area contributed by atoms with Gasteiger partial charge in [-0.25, -0.2) is 0 Å². The van der Waals surface area contributed by atoms with Gasteiger partial charge in [0.1, 0.15) is 0 Å². The Morgan fingerprint density at radius 3 is 2.71 bits per heavy atom. The average Bonchev–Trinajstić information content (AvgIpc) is 2.34. The van der Waals surface area contributed by atoms with E-state index in [1.807, 2.05) is 12.4 Å². The fourth-order valence-electron chi connectivity index (χ4n) is 2.47. The van der Waals surface area contributed by atoms with E-state index in [-0.39, 0.29) is 0 Å². The Kier molecular flexibility index (Phi) is 4.10. The number of rotatable bonds is 3. The maximum atomic E-state index is 5.82. The van der Waals surface area contributed by atoms with E-state index in [1.54, 1.807) is 0 Å². The van der Waals surface area contributed by atoms with Crippen molar-refractivity contribution < 1.29 is 0 Å². The highest BCUT2D eigenvalue weighted by atomic mass is 15.3. The summed E-state index contributed by atoms with van der Waals surface area (Å²) in [4.78, 5) is 8.93. The summed E-state index contributed by atoms with van der Waals surface area (Å²) in [6.07, 6.45) is 3.72. The summed E-state index contributed by atoms with van der Waals surface area (Å²) in [5.74, 6) is 0. The van der Waals surface area contributed by atoms with Crippen LogP contribution in [0, 0.1) is 0 Å². The van der Waals surface area contributed by atoms with Crippen LogP contribution in [0.15, 0.2) is 24.5 Å². The molecule has 2 atom stereocenters. The molecular weight excluding hydrogens is 212 g/mol. The molecule has 0 bridgehead atoms. The van der Waals surface area contributed by atoms with Gasteiger partial charge in [0.05, 0.1) is 0 Å². The minimum Gasteiger partial charge on any atom is -0.329 e. The van der Waals surface area contributed by atoms with Crippen LogP contribution in [0.4, 0.5) is 0 Å². The van der Waals surface area contributed by atoms with Gasteiger partial charge in [0, 0.05) is 50.7 Å². The summed E-state index contributed by atoms with van der Waals surface area (Å²) in [6.45, 7) is 6.15. The van der Waals surface area contributed by atoms with E-state index in [9.17, 15) is 0 Å². The van der Waals surface area contributed by atoms with Crippen LogP contribution >= 0.6 is 0 Å². The van der Waals surface area contributed by atoms with Crippen molar-refractivity contribution in [3.05, 3.63) is 30.1 Å². The van der Waals surface area contributed by atoms with Crippen LogP contribution in [0.5, 0.6) is 0 Å². The number of aromatic nitrogens is 1. The molecule has 1 aliphatic heterocycles. The van der Waals surface area contributed by atoms with Crippen LogP contribution in [0.1, 0.15) is 12.5 Å². The third kappa shape index (κ3) is 3.03. The van der Waals surface area contributed by atoms with Gasteiger partial charge in [-0.1, -0.05) is 0 Å². The SMILES string of the molecule is CC1CN(C)C(CN)CN1Cc1ccncc1. The molecule has 1 aromatic heterocycles. The molecule has 4 heteroatoms. The molecule has 17 heavy (non-hydrogen) atoms. The number of nitrogens with zero attached hydrogens (tertiary/aromatic N) is 3. The zero-order valence-corrected chi connectivity index (χ0v) is 10.7. The van der Waals surface area contributed by atoms with Gasteiger partial charge in [0.25, 0.3) is 0 Å². The van der Waals surface area contributed by atoms with Gasteiger partial charge in [-0.15, -0.1) is 0 Å². The molecule has 0 saturated carbocycles. The van der Waals surface area contributed by atoms with Crippen LogP contribution in [-0.4, -0.2) is 53.5 Å². The van der Waals surface area contributed by atoms with Crippen LogP contribution in [0.25, 0.3) is 0 Å². The summed E-state index contributed by atoms with van der Waals surface area (Å²) in [5, 5.41) is 0. The molecule has 0 spiro atoms. The molecule has 1 aliphatic rings. The van der Waals surface area contributed by atoms with Crippen molar-refractivity contribution in [3.63, 3.8) is 0 Å². The van der Waals surface area contributed by atoms with Crippen molar-refractivity contribution in [1.29, 1.82) is 0 Å². The first kappa shape index (κ1) is 12.5. The van der Waals surface area contributed by atoms with Crippen molar-refractivity contribution in [2.45, 2.75) is 25.6 Å². The standard InChI is InChI=1S/C13H22N4/c1-11-8-16(2)13(7-14)10-17(11)9-12-3-5-15-6-4-12/h3-6,11,13H,7-10,14H2,1-2H3. The molecule has 2 rings (SSSR count). The summed E-state index contributed by atoms with van der Waals surface area (Å²) in [7, 11) is 2.16. The van der Waals surface area contributed by atoms with E-state index >= 15 is 0 Å². The smallest absolute Gasteiger partial charge is 0.0343 e. The van der Waals surface area contributed by atoms with Gasteiger partial charge in [-0.05, 0) is 31.7 Å². The first-order valence-corrected chi connectivity index (χ1v) is 6.24. The second kappa shape index (κ2) is 5.58. The van der Waals surface area contributed by atoms with Gasteiger partial charge in [-0.3, -0.25) is 14.8 Å². The van der Waals surface area contributed by atoms with Gasteiger partial charge in [0.15, 0.2) is 0 Å². The number of likely N-dealkylation sites (N-methyl/N-ethyl adjacent to an activating group) is 1. The van der Waals surface area contributed by atoms with Gasteiger partial charge in [-0.2, -0.15) is 0 Å². The molecule has 1 fully saturated rings. The molecule has 2 heterocycles. The molecule has 0 amide bonds. The van der Waals surface area contributed by atoms with Crippen molar-refractivity contribution in [3.8, 4) is 0 Å². The summed E-state index contributed by atoms with van der Waals surface area (Å²) < 4.78 is 0. The predicted molar refractivity (Wildman–Crippen MR) is 69.6 cm³/mol. The molecule has 2 N–H and O–H groups in total. The van der Waals surface area contributed by atoms with E-state index in [0.717, 1.165) is 26.2 Å². The highest BCUT2D eigenvalue weighted by Gasteiger charge is 2.28. The van der Waals surface area contributed by atoms with Crippen LogP contribution < -0.4 is 5.73 Å². The van der Waals surface area contributed by atoms with Crippen molar-refractivity contribution in [1.82, 2.24) is 14.8 Å². The number of hydrogen-bond donors (Lipinski definition) is 1. The van der Waals surface area contributed by atoms with E-state index in [1.165, 1.54) is 5.56 Å². The molecule has 1 aromatic rings. The highest BCUT2D eigenvalue weighted by molar-refractivity contribution is 5.10. The first-order valence-electron chi connectivity index (χ1n) is 6.24. The number of nitrogens with two attached hydrogens (primary N) is 1. The maximum absolute atomic E-state index is 5.82. The molecule has 1 saturated heterocycles. The fourth-order valence-corrected chi connectivity index (χ4v) is 2.47. The fraction of sp³-hybridized carbons (Fsp3) is 0.615. The summed E-state index contributed by atoms with van der Waals surface area (Å²) in [6, 6.07) is 5.23. The van der Waals surface area contributed by atoms with Crippen LogP contribution in [-0.2, 0) is 6.54 Å².